The lowest BCUT2D eigenvalue weighted by Crippen LogP contribution is -1.90. The highest BCUT2D eigenvalue weighted by molar-refractivity contribution is 5.52. The first-order valence-electron chi connectivity index (χ1n) is 5.11. The Morgan fingerprint density at radius 1 is 1.13 bits per heavy atom. The van der Waals surface area contributed by atoms with Gasteiger partial charge in [-0.25, -0.2) is 4.98 Å². The summed E-state index contributed by atoms with van der Waals surface area (Å²) in [5.41, 5.74) is 3.11. The molecule has 2 aromatic heterocycles. The Balaban J connectivity index is 2.31. The van der Waals surface area contributed by atoms with Crippen molar-refractivity contribution in [3.63, 3.8) is 0 Å². The second kappa shape index (κ2) is 3.85. The van der Waals surface area contributed by atoms with Crippen LogP contribution >= 0.6 is 0 Å². The fourth-order valence-electron chi connectivity index (χ4n) is 1.44. The molecule has 0 aliphatic rings. The summed E-state index contributed by atoms with van der Waals surface area (Å²) in [6.07, 6.45) is 5.68. The molecule has 0 amide bonds. The maximum Gasteiger partial charge on any atom is 0.107 e. The lowest BCUT2D eigenvalue weighted by atomic mass is 10.1. The molecule has 0 atom stereocenters. The Labute approximate surface area is 89.8 Å². The minimum Gasteiger partial charge on any atom is -0.340 e. The highest BCUT2D eigenvalue weighted by Gasteiger charge is 2.03. The third-order valence-electron chi connectivity index (χ3n) is 2.42. The smallest absolute Gasteiger partial charge is 0.107 e. The van der Waals surface area contributed by atoms with E-state index >= 15 is 0 Å². The largest absolute Gasteiger partial charge is 0.340 e. The molecule has 0 radical (unpaired) electrons. The molecule has 0 aromatic carbocycles. The van der Waals surface area contributed by atoms with E-state index in [4.69, 9.17) is 0 Å². The zero-order valence-electron chi connectivity index (χ0n) is 9.31. The van der Waals surface area contributed by atoms with Crippen LogP contribution in [0.15, 0.2) is 30.9 Å². The van der Waals surface area contributed by atoms with Crippen molar-refractivity contribution in [1.29, 1.82) is 0 Å². The number of hydrogen-bond donors (Lipinski definition) is 0. The van der Waals surface area contributed by atoms with Crippen LogP contribution in [0.25, 0.3) is 11.4 Å². The highest BCUT2D eigenvalue weighted by Crippen LogP contribution is 2.17. The van der Waals surface area contributed by atoms with Gasteiger partial charge in [-0.15, -0.1) is 0 Å². The van der Waals surface area contributed by atoms with Gasteiger partial charge < -0.3 is 4.57 Å². The number of pyridine rings is 1. The first-order valence-corrected chi connectivity index (χ1v) is 5.11. The number of hydrogen-bond acceptors (Lipinski definition) is 2. The van der Waals surface area contributed by atoms with Gasteiger partial charge in [0.2, 0.25) is 0 Å². The molecule has 2 heterocycles. The lowest BCUT2D eigenvalue weighted by molar-refractivity contribution is 0.858. The molecule has 0 unspecified atom stereocenters. The molecule has 0 fully saturated rings. The predicted octanol–water partition coefficient (Wildman–Crippen LogP) is 2.61. The van der Waals surface area contributed by atoms with Crippen LogP contribution in [0.1, 0.15) is 25.3 Å². The van der Waals surface area contributed by atoms with Gasteiger partial charge in [0.25, 0.3) is 0 Å². The molecule has 0 bridgehead atoms. The van der Waals surface area contributed by atoms with Gasteiger partial charge in [0.1, 0.15) is 5.69 Å². The van der Waals surface area contributed by atoms with Gasteiger partial charge in [-0.3, -0.25) is 4.98 Å². The first kappa shape index (κ1) is 9.90. The van der Waals surface area contributed by atoms with Crippen LogP contribution in [0.3, 0.4) is 0 Å². The molecule has 0 N–H and O–H groups in total. The van der Waals surface area contributed by atoms with Crippen molar-refractivity contribution in [1.82, 2.24) is 14.5 Å². The Kier molecular flexibility index (Phi) is 2.54. The quantitative estimate of drug-likeness (QED) is 0.747. The van der Waals surface area contributed by atoms with E-state index in [9.17, 15) is 0 Å². The average Bonchev–Trinajstić information content (AvgIpc) is 2.65. The zero-order valence-corrected chi connectivity index (χ0v) is 9.31. The van der Waals surface area contributed by atoms with Gasteiger partial charge in [0.15, 0.2) is 0 Å². The topological polar surface area (TPSA) is 30.7 Å². The number of aryl methyl sites for hydroxylation is 1. The summed E-state index contributed by atoms with van der Waals surface area (Å²) >= 11 is 0. The number of aromatic nitrogens is 3. The summed E-state index contributed by atoms with van der Waals surface area (Å²) in [7, 11) is 1.96. The van der Waals surface area contributed by atoms with Crippen molar-refractivity contribution in [2.24, 2.45) is 7.05 Å². The molecule has 2 aromatic rings. The second-order valence-electron chi connectivity index (χ2n) is 4.06. The van der Waals surface area contributed by atoms with Crippen LogP contribution in [0.5, 0.6) is 0 Å². The van der Waals surface area contributed by atoms with E-state index in [1.54, 1.807) is 6.33 Å². The maximum absolute atomic E-state index is 4.41. The Morgan fingerprint density at radius 3 is 2.40 bits per heavy atom. The average molecular weight is 201 g/mol. The fourth-order valence-corrected chi connectivity index (χ4v) is 1.44. The molecular formula is C12H15N3. The number of nitrogens with zero attached hydrogens (tertiary/aromatic N) is 3. The van der Waals surface area contributed by atoms with Crippen LogP contribution in [0, 0.1) is 0 Å². The maximum atomic E-state index is 4.41. The van der Waals surface area contributed by atoms with E-state index in [1.165, 1.54) is 5.56 Å². The molecule has 2 rings (SSSR count). The van der Waals surface area contributed by atoms with E-state index in [1.807, 2.05) is 30.1 Å². The first-order chi connectivity index (χ1) is 7.16. The van der Waals surface area contributed by atoms with Gasteiger partial charge in [-0.1, -0.05) is 19.9 Å². The van der Waals surface area contributed by atoms with Gasteiger partial charge in [-0.05, 0) is 17.5 Å². The predicted molar refractivity (Wildman–Crippen MR) is 60.5 cm³/mol. The molecular weight excluding hydrogens is 186 g/mol. The number of imidazole rings is 1. The summed E-state index contributed by atoms with van der Waals surface area (Å²) in [6.45, 7) is 4.33. The minimum absolute atomic E-state index is 0.523. The fraction of sp³-hybridized carbons (Fsp3) is 0.333. The van der Waals surface area contributed by atoms with Crippen molar-refractivity contribution in [3.8, 4) is 11.4 Å². The summed E-state index contributed by atoms with van der Waals surface area (Å²) in [6, 6.07) is 4.14. The zero-order chi connectivity index (χ0) is 10.8. The normalized spacial score (nSPS) is 10.9. The van der Waals surface area contributed by atoms with E-state index in [2.05, 4.69) is 29.9 Å². The van der Waals surface area contributed by atoms with Crippen LogP contribution in [-0.2, 0) is 7.05 Å². The van der Waals surface area contributed by atoms with E-state index in [-0.39, 0.29) is 0 Å². The highest BCUT2D eigenvalue weighted by atomic mass is 15.0. The number of rotatable bonds is 2. The van der Waals surface area contributed by atoms with Crippen molar-refractivity contribution in [2.45, 2.75) is 19.8 Å². The van der Waals surface area contributed by atoms with Crippen molar-refractivity contribution in [3.05, 3.63) is 36.4 Å². The van der Waals surface area contributed by atoms with Gasteiger partial charge in [0, 0.05) is 19.4 Å². The summed E-state index contributed by atoms with van der Waals surface area (Å²) in [5.74, 6) is 0.523. The van der Waals surface area contributed by atoms with Crippen LogP contribution in [0.2, 0.25) is 0 Å². The van der Waals surface area contributed by atoms with Crippen molar-refractivity contribution >= 4 is 0 Å². The van der Waals surface area contributed by atoms with Gasteiger partial charge >= 0.3 is 0 Å². The Bertz CT molecular complexity index is 440. The molecule has 3 heteroatoms. The molecule has 0 aliphatic carbocycles. The molecule has 15 heavy (non-hydrogen) atoms. The summed E-state index contributed by atoms with van der Waals surface area (Å²) < 4.78 is 1.92. The Morgan fingerprint density at radius 2 is 1.93 bits per heavy atom. The SMILES string of the molecule is CC(C)c1ccc(-c2cn(C)cn2)nc1. The van der Waals surface area contributed by atoms with Gasteiger partial charge in [-0.2, -0.15) is 0 Å². The van der Waals surface area contributed by atoms with Crippen molar-refractivity contribution in [2.75, 3.05) is 0 Å². The van der Waals surface area contributed by atoms with Gasteiger partial charge in [0.05, 0.1) is 12.0 Å². The molecule has 78 valence electrons. The third-order valence-corrected chi connectivity index (χ3v) is 2.42. The standard InChI is InChI=1S/C12H15N3/c1-9(2)10-4-5-11(13-6-10)12-7-15(3)8-14-12/h4-9H,1-3H3. The molecule has 0 saturated carbocycles. The molecule has 0 aliphatic heterocycles. The minimum atomic E-state index is 0.523. The van der Waals surface area contributed by atoms with Crippen LogP contribution in [-0.4, -0.2) is 14.5 Å². The van der Waals surface area contributed by atoms with E-state index in [0.29, 0.717) is 5.92 Å². The van der Waals surface area contributed by atoms with Crippen LogP contribution in [0.4, 0.5) is 0 Å². The Hall–Kier alpha value is -1.64. The molecule has 0 saturated heterocycles. The van der Waals surface area contributed by atoms with E-state index < -0.39 is 0 Å². The molecule has 0 spiro atoms. The summed E-state index contributed by atoms with van der Waals surface area (Å²) in [5, 5.41) is 0. The van der Waals surface area contributed by atoms with Crippen LogP contribution < -0.4 is 0 Å². The second-order valence-corrected chi connectivity index (χ2v) is 4.06. The van der Waals surface area contributed by atoms with E-state index in [0.717, 1.165) is 11.4 Å². The van der Waals surface area contributed by atoms with Crippen molar-refractivity contribution < 1.29 is 0 Å². The monoisotopic (exact) mass is 201 g/mol. The third kappa shape index (κ3) is 2.06. The molecule has 3 nitrogen and oxygen atoms in total. The summed E-state index contributed by atoms with van der Waals surface area (Å²) in [4.78, 5) is 8.67. The lowest BCUT2D eigenvalue weighted by Gasteiger charge is -2.04.